The predicted molar refractivity (Wildman–Crippen MR) is 63.0 cm³/mol. The molecule has 0 aliphatic heterocycles. The molecule has 0 unspecified atom stereocenters. The van der Waals surface area contributed by atoms with E-state index in [1.807, 2.05) is 6.92 Å². The normalized spacial score (nSPS) is 10.2. The molecular formula is C10H14N6O. The molecule has 0 saturated carbocycles. The zero-order chi connectivity index (χ0) is 12.1. The maximum Gasteiger partial charge on any atom is 0.148 e. The topological polar surface area (TPSA) is 102 Å². The van der Waals surface area contributed by atoms with Crippen molar-refractivity contribution in [2.24, 2.45) is 5.84 Å². The van der Waals surface area contributed by atoms with Crippen LogP contribution in [0.15, 0.2) is 23.2 Å². The van der Waals surface area contributed by atoms with Gasteiger partial charge in [0.05, 0.1) is 6.54 Å². The standard InChI is InChI=1S/C10H14N6O/c1-2-8-9(13-6-14-10(8)15-11)12-5-7-3-4-17-16-7/h3-4,6H,2,5,11H2,1H3,(H2,12,13,14,15). The van der Waals surface area contributed by atoms with Gasteiger partial charge in [-0.1, -0.05) is 12.1 Å². The third-order valence-electron chi connectivity index (χ3n) is 2.36. The van der Waals surface area contributed by atoms with Gasteiger partial charge in [0.1, 0.15) is 29.9 Å². The zero-order valence-corrected chi connectivity index (χ0v) is 9.47. The summed E-state index contributed by atoms with van der Waals surface area (Å²) in [6.07, 6.45) is 3.77. The van der Waals surface area contributed by atoms with Crippen LogP contribution in [0.5, 0.6) is 0 Å². The van der Waals surface area contributed by atoms with Crippen LogP contribution in [0, 0.1) is 0 Å². The van der Waals surface area contributed by atoms with Gasteiger partial charge in [-0.3, -0.25) is 0 Å². The summed E-state index contributed by atoms with van der Waals surface area (Å²) in [5.41, 5.74) is 4.31. The second kappa shape index (κ2) is 5.26. The third-order valence-corrected chi connectivity index (χ3v) is 2.36. The number of hydrazine groups is 1. The van der Waals surface area contributed by atoms with Gasteiger partial charge in [-0.15, -0.1) is 0 Å². The first kappa shape index (κ1) is 11.3. The number of aromatic nitrogens is 3. The second-order valence-electron chi connectivity index (χ2n) is 3.39. The van der Waals surface area contributed by atoms with Crippen LogP contribution in [0.25, 0.3) is 0 Å². The SMILES string of the molecule is CCc1c(NN)ncnc1NCc1ccon1. The van der Waals surface area contributed by atoms with E-state index in [9.17, 15) is 0 Å². The van der Waals surface area contributed by atoms with E-state index >= 15 is 0 Å². The summed E-state index contributed by atoms with van der Waals surface area (Å²) in [4.78, 5) is 8.23. The lowest BCUT2D eigenvalue weighted by Gasteiger charge is -2.11. The van der Waals surface area contributed by atoms with Crippen LogP contribution in [0.1, 0.15) is 18.2 Å². The van der Waals surface area contributed by atoms with Crippen LogP contribution >= 0.6 is 0 Å². The fourth-order valence-electron chi connectivity index (χ4n) is 1.53. The van der Waals surface area contributed by atoms with Gasteiger partial charge in [0, 0.05) is 11.6 Å². The first-order valence-corrected chi connectivity index (χ1v) is 5.28. The van der Waals surface area contributed by atoms with Gasteiger partial charge in [0.2, 0.25) is 0 Å². The van der Waals surface area contributed by atoms with E-state index in [2.05, 4.69) is 25.9 Å². The maximum atomic E-state index is 5.39. The molecule has 7 nitrogen and oxygen atoms in total. The van der Waals surface area contributed by atoms with Gasteiger partial charge in [-0.25, -0.2) is 15.8 Å². The summed E-state index contributed by atoms with van der Waals surface area (Å²) in [7, 11) is 0. The highest BCUT2D eigenvalue weighted by Gasteiger charge is 2.08. The molecule has 7 heteroatoms. The van der Waals surface area contributed by atoms with Crippen molar-refractivity contribution in [1.29, 1.82) is 0 Å². The fourth-order valence-corrected chi connectivity index (χ4v) is 1.53. The summed E-state index contributed by atoms with van der Waals surface area (Å²) in [5.74, 6) is 6.77. The molecule has 4 N–H and O–H groups in total. The van der Waals surface area contributed by atoms with Crippen molar-refractivity contribution in [1.82, 2.24) is 15.1 Å². The Morgan fingerprint density at radius 3 is 2.82 bits per heavy atom. The first-order chi connectivity index (χ1) is 8.35. The Bertz CT molecular complexity index is 470. The van der Waals surface area contributed by atoms with E-state index in [1.54, 1.807) is 6.07 Å². The average molecular weight is 234 g/mol. The summed E-state index contributed by atoms with van der Waals surface area (Å²) < 4.78 is 4.75. The van der Waals surface area contributed by atoms with Gasteiger partial charge in [-0.05, 0) is 6.42 Å². The van der Waals surface area contributed by atoms with Crippen LogP contribution in [0.3, 0.4) is 0 Å². The second-order valence-corrected chi connectivity index (χ2v) is 3.39. The van der Waals surface area contributed by atoms with E-state index in [1.165, 1.54) is 12.6 Å². The minimum absolute atomic E-state index is 0.546. The number of hydrogen-bond acceptors (Lipinski definition) is 7. The number of rotatable bonds is 5. The van der Waals surface area contributed by atoms with Crippen LogP contribution in [-0.2, 0) is 13.0 Å². The summed E-state index contributed by atoms with van der Waals surface area (Å²) in [6, 6.07) is 1.79. The molecule has 90 valence electrons. The summed E-state index contributed by atoms with van der Waals surface area (Å²) in [5, 5.41) is 6.98. The number of nitrogens with zero attached hydrogens (tertiary/aromatic N) is 3. The monoisotopic (exact) mass is 234 g/mol. The lowest BCUT2D eigenvalue weighted by Crippen LogP contribution is -2.14. The lowest BCUT2D eigenvalue weighted by molar-refractivity contribution is 0.412. The molecule has 0 spiro atoms. The van der Waals surface area contributed by atoms with Crippen molar-refractivity contribution in [2.45, 2.75) is 19.9 Å². The molecule has 2 rings (SSSR count). The molecule has 2 heterocycles. The number of anilines is 2. The molecule has 17 heavy (non-hydrogen) atoms. The molecule has 0 bridgehead atoms. The van der Waals surface area contributed by atoms with Crippen molar-refractivity contribution in [3.8, 4) is 0 Å². The van der Waals surface area contributed by atoms with Gasteiger partial charge >= 0.3 is 0 Å². The Kier molecular flexibility index (Phi) is 3.51. The van der Waals surface area contributed by atoms with E-state index in [-0.39, 0.29) is 0 Å². The maximum absolute atomic E-state index is 5.39. The van der Waals surface area contributed by atoms with E-state index in [0.717, 1.165) is 23.5 Å². The molecule has 0 atom stereocenters. The number of hydrogen-bond donors (Lipinski definition) is 3. The Balaban J connectivity index is 2.14. The summed E-state index contributed by atoms with van der Waals surface area (Å²) in [6.45, 7) is 2.56. The van der Waals surface area contributed by atoms with Crippen LogP contribution < -0.4 is 16.6 Å². The largest absolute Gasteiger partial charge is 0.364 e. The molecule has 0 fully saturated rings. The Labute approximate surface area is 98.4 Å². The minimum Gasteiger partial charge on any atom is -0.364 e. The molecule has 2 aromatic heterocycles. The van der Waals surface area contributed by atoms with E-state index < -0.39 is 0 Å². The average Bonchev–Trinajstić information content (AvgIpc) is 2.88. The van der Waals surface area contributed by atoms with Crippen molar-refractivity contribution >= 4 is 11.6 Å². The highest BCUT2D eigenvalue weighted by atomic mass is 16.5. The van der Waals surface area contributed by atoms with Gasteiger partial charge in [0.25, 0.3) is 0 Å². The minimum atomic E-state index is 0.546. The van der Waals surface area contributed by atoms with Crippen molar-refractivity contribution in [2.75, 3.05) is 10.7 Å². The molecule has 0 aromatic carbocycles. The van der Waals surface area contributed by atoms with Crippen molar-refractivity contribution in [3.63, 3.8) is 0 Å². The Morgan fingerprint density at radius 1 is 1.35 bits per heavy atom. The molecule has 0 aliphatic rings. The van der Waals surface area contributed by atoms with E-state index in [4.69, 9.17) is 10.4 Å². The summed E-state index contributed by atoms with van der Waals surface area (Å²) >= 11 is 0. The number of nitrogens with one attached hydrogen (secondary N) is 2. The van der Waals surface area contributed by atoms with Gasteiger partial charge < -0.3 is 15.3 Å². The van der Waals surface area contributed by atoms with Crippen LogP contribution in [0.4, 0.5) is 11.6 Å². The van der Waals surface area contributed by atoms with Crippen molar-refractivity contribution in [3.05, 3.63) is 29.9 Å². The highest BCUT2D eigenvalue weighted by Crippen LogP contribution is 2.19. The Morgan fingerprint density at radius 2 is 2.18 bits per heavy atom. The van der Waals surface area contributed by atoms with E-state index in [0.29, 0.717) is 12.4 Å². The smallest absolute Gasteiger partial charge is 0.148 e. The fraction of sp³-hybridized carbons (Fsp3) is 0.300. The highest BCUT2D eigenvalue weighted by molar-refractivity contribution is 5.56. The van der Waals surface area contributed by atoms with Gasteiger partial charge in [0.15, 0.2) is 0 Å². The molecule has 0 saturated heterocycles. The third kappa shape index (κ3) is 2.51. The lowest BCUT2D eigenvalue weighted by atomic mass is 10.2. The number of nitrogen functional groups attached to an aromatic ring is 1. The first-order valence-electron chi connectivity index (χ1n) is 5.28. The zero-order valence-electron chi connectivity index (χ0n) is 9.47. The predicted octanol–water partition coefficient (Wildman–Crippen LogP) is 0.925. The molecule has 2 aromatic rings. The van der Waals surface area contributed by atoms with Crippen molar-refractivity contribution < 1.29 is 4.52 Å². The van der Waals surface area contributed by atoms with Gasteiger partial charge in [-0.2, -0.15) is 0 Å². The Hall–Kier alpha value is -2.15. The van der Waals surface area contributed by atoms with Crippen LogP contribution in [0.2, 0.25) is 0 Å². The molecule has 0 aliphatic carbocycles. The number of nitrogens with two attached hydrogens (primary N) is 1. The van der Waals surface area contributed by atoms with Crippen LogP contribution in [-0.4, -0.2) is 15.1 Å². The molecule has 0 radical (unpaired) electrons. The quantitative estimate of drug-likeness (QED) is 0.522. The molecule has 0 amide bonds. The molecular weight excluding hydrogens is 220 g/mol.